The Morgan fingerprint density at radius 3 is 2.55 bits per heavy atom. The van der Waals surface area contributed by atoms with E-state index in [-0.39, 0.29) is 23.8 Å². The molecule has 0 radical (unpaired) electrons. The average Bonchev–Trinajstić information content (AvgIpc) is 3.18. The predicted octanol–water partition coefficient (Wildman–Crippen LogP) is 4.72. The van der Waals surface area contributed by atoms with Crippen LogP contribution >= 0.6 is 0 Å². The quantitative estimate of drug-likeness (QED) is 0.629. The minimum absolute atomic E-state index is 0.0306. The zero-order valence-electron chi connectivity index (χ0n) is 19.0. The Labute approximate surface area is 185 Å². The van der Waals surface area contributed by atoms with Crippen molar-refractivity contribution in [2.24, 2.45) is 17.8 Å². The molecule has 2 aliphatic rings. The van der Waals surface area contributed by atoms with Crippen LogP contribution in [0.5, 0.6) is 0 Å². The number of hydrogen-bond acceptors (Lipinski definition) is 2. The van der Waals surface area contributed by atoms with E-state index in [4.69, 9.17) is 0 Å². The van der Waals surface area contributed by atoms with E-state index in [9.17, 15) is 9.59 Å². The number of hydrogen-bond donors (Lipinski definition) is 3. The predicted molar refractivity (Wildman–Crippen MR) is 125 cm³/mol. The fourth-order valence-corrected chi connectivity index (χ4v) is 5.36. The summed E-state index contributed by atoms with van der Waals surface area (Å²) >= 11 is 0. The molecule has 2 aromatic rings. The molecule has 4 rings (SSSR count). The maximum absolute atomic E-state index is 13.4. The Kier molecular flexibility index (Phi) is 6.99. The number of fused-ring (bicyclic) bond motifs is 1. The van der Waals surface area contributed by atoms with E-state index < -0.39 is 6.04 Å². The summed E-state index contributed by atoms with van der Waals surface area (Å²) in [5, 5.41) is 7.54. The molecular formula is C26H37N3O2. The van der Waals surface area contributed by atoms with Crippen molar-refractivity contribution in [1.82, 2.24) is 15.6 Å². The molecule has 5 nitrogen and oxygen atoms in total. The van der Waals surface area contributed by atoms with Gasteiger partial charge in [-0.3, -0.25) is 9.59 Å². The molecule has 2 fully saturated rings. The SMILES string of the molecule is CC1CCC(C(=O)NC(Cc2c[nH]c3ccccc23)C(=O)NC2CCCCC2C)CC1. The van der Waals surface area contributed by atoms with Crippen molar-refractivity contribution in [2.45, 2.75) is 83.7 Å². The first-order valence-electron chi connectivity index (χ1n) is 12.2. The molecule has 0 bridgehead atoms. The molecule has 2 amide bonds. The molecule has 3 unspecified atom stereocenters. The summed E-state index contributed by atoms with van der Waals surface area (Å²) in [4.78, 5) is 29.7. The number of benzene rings is 1. The molecule has 31 heavy (non-hydrogen) atoms. The monoisotopic (exact) mass is 423 g/mol. The van der Waals surface area contributed by atoms with Crippen molar-refractivity contribution in [3.05, 3.63) is 36.0 Å². The number of para-hydroxylation sites is 1. The Morgan fingerprint density at radius 2 is 1.77 bits per heavy atom. The maximum atomic E-state index is 13.4. The van der Waals surface area contributed by atoms with E-state index in [1.165, 1.54) is 6.42 Å². The molecule has 3 atom stereocenters. The first-order chi connectivity index (χ1) is 15.0. The van der Waals surface area contributed by atoms with Gasteiger partial charge in [-0.15, -0.1) is 0 Å². The van der Waals surface area contributed by atoms with E-state index >= 15 is 0 Å². The lowest BCUT2D eigenvalue weighted by Gasteiger charge is -2.32. The van der Waals surface area contributed by atoms with Crippen LogP contribution in [0.1, 0.15) is 70.8 Å². The summed E-state index contributed by atoms with van der Waals surface area (Å²) in [6.45, 7) is 4.48. The van der Waals surface area contributed by atoms with Gasteiger partial charge >= 0.3 is 0 Å². The van der Waals surface area contributed by atoms with E-state index in [1.807, 2.05) is 24.4 Å². The smallest absolute Gasteiger partial charge is 0.243 e. The second-order valence-corrected chi connectivity index (χ2v) is 9.96. The molecule has 1 heterocycles. The van der Waals surface area contributed by atoms with Gasteiger partial charge in [0.25, 0.3) is 0 Å². The molecule has 2 saturated carbocycles. The molecule has 0 aliphatic heterocycles. The van der Waals surface area contributed by atoms with Crippen LogP contribution < -0.4 is 10.6 Å². The lowest BCUT2D eigenvalue weighted by Crippen LogP contribution is -2.53. The topological polar surface area (TPSA) is 74.0 Å². The number of rotatable bonds is 6. The van der Waals surface area contributed by atoms with Crippen molar-refractivity contribution < 1.29 is 9.59 Å². The summed E-state index contributed by atoms with van der Waals surface area (Å²) in [7, 11) is 0. The molecule has 0 spiro atoms. The van der Waals surface area contributed by atoms with Gasteiger partial charge in [-0.05, 0) is 62.0 Å². The zero-order chi connectivity index (χ0) is 21.8. The summed E-state index contributed by atoms with van der Waals surface area (Å²) in [6, 6.07) is 7.80. The Balaban J connectivity index is 1.49. The number of aromatic nitrogens is 1. The molecule has 1 aromatic carbocycles. The molecular weight excluding hydrogens is 386 g/mol. The van der Waals surface area contributed by atoms with E-state index in [1.54, 1.807) is 0 Å². The Bertz CT molecular complexity index is 897. The lowest BCUT2D eigenvalue weighted by molar-refractivity contribution is -0.132. The van der Waals surface area contributed by atoms with E-state index in [0.29, 0.717) is 18.3 Å². The highest BCUT2D eigenvalue weighted by Gasteiger charge is 2.31. The van der Waals surface area contributed by atoms with E-state index in [2.05, 4.69) is 35.5 Å². The number of aromatic amines is 1. The number of amides is 2. The second-order valence-electron chi connectivity index (χ2n) is 9.96. The number of carbonyl (C=O) groups is 2. The molecule has 3 N–H and O–H groups in total. The summed E-state index contributed by atoms with van der Waals surface area (Å²) < 4.78 is 0. The Hall–Kier alpha value is -2.30. The minimum atomic E-state index is -0.541. The summed E-state index contributed by atoms with van der Waals surface area (Å²) in [6.07, 6.45) is 11.1. The second kappa shape index (κ2) is 9.88. The third kappa shape index (κ3) is 5.31. The first-order valence-corrected chi connectivity index (χ1v) is 12.2. The number of carbonyl (C=O) groups excluding carboxylic acids is 2. The zero-order valence-corrected chi connectivity index (χ0v) is 19.0. The fourth-order valence-electron chi connectivity index (χ4n) is 5.36. The molecule has 168 valence electrons. The number of nitrogens with one attached hydrogen (secondary N) is 3. The van der Waals surface area contributed by atoms with Gasteiger partial charge < -0.3 is 15.6 Å². The van der Waals surface area contributed by atoms with Gasteiger partial charge in [0.2, 0.25) is 11.8 Å². The van der Waals surface area contributed by atoms with Crippen molar-refractivity contribution >= 4 is 22.7 Å². The van der Waals surface area contributed by atoms with Crippen LogP contribution in [0.25, 0.3) is 10.9 Å². The Morgan fingerprint density at radius 1 is 1.03 bits per heavy atom. The van der Waals surface area contributed by atoms with Crippen molar-refractivity contribution in [3.8, 4) is 0 Å². The lowest BCUT2D eigenvalue weighted by atomic mass is 9.82. The van der Waals surface area contributed by atoms with Crippen LogP contribution in [0.3, 0.4) is 0 Å². The van der Waals surface area contributed by atoms with Crippen LogP contribution in [0.4, 0.5) is 0 Å². The van der Waals surface area contributed by atoms with Gasteiger partial charge in [-0.1, -0.05) is 44.9 Å². The normalized spacial score (nSPS) is 27.5. The van der Waals surface area contributed by atoms with Crippen LogP contribution in [-0.2, 0) is 16.0 Å². The van der Waals surface area contributed by atoms with Crippen molar-refractivity contribution in [2.75, 3.05) is 0 Å². The van der Waals surface area contributed by atoms with Gasteiger partial charge in [0.05, 0.1) is 0 Å². The standard InChI is InChI=1S/C26H37N3O2/c1-17-11-13-19(14-12-17)25(30)29-24(26(31)28-22-9-5-3-7-18(22)2)15-20-16-27-23-10-6-4-8-21(20)23/h4,6,8,10,16-19,22,24,27H,3,5,7,9,11-15H2,1-2H3,(H,28,31)(H,29,30). The van der Waals surface area contributed by atoms with Gasteiger partial charge in [0, 0.05) is 35.5 Å². The highest BCUT2D eigenvalue weighted by Crippen LogP contribution is 2.29. The third-order valence-electron chi connectivity index (χ3n) is 7.56. The maximum Gasteiger partial charge on any atom is 0.243 e. The largest absolute Gasteiger partial charge is 0.361 e. The molecule has 0 saturated heterocycles. The highest BCUT2D eigenvalue weighted by atomic mass is 16.2. The first kappa shape index (κ1) is 21.9. The van der Waals surface area contributed by atoms with Gasteiger partial charge in [-0.25, -0.2) is 0 Å². The highest BCUT2D eigenvalue weighted by molar-refractivity contribution is 5.90. The van der Waals surface area contributed by atoms with Crippen LogP contribution in [0.2, 0.25) is 0 Å². The molecule has 5 heteroatoms. The van der Waals surface area contributed by atoms with Crippen LogP contribution in [-0.4, -0.2) is 28.9 Å². The van der Waals surface area contributed by atoms with Gasteiger partial charge in [0.1, 0.15) is 6.04 Å². The number of H-pyrrole nitrogens is 1. The van der Waals surface area contributed by atoms with Gasteiger partial charge in [0.15, 0.2) is 0 Å². The van der Waals surface area contributed by atoms with Crippen LogP contribution in [0, 0.1) is 17.8 Å². The summed E-state index contributed by atoms with van der Waals surface area (Å²) in [5.41, 5.74) is 2.13. The van der Waals surface area contributed by atoms with Crippen molar-refractivity contribution in [1.29, 1.82) is 0 Å². The van der Waals surface area contributed by atoms with Crippen molar-refractivity contribution in [3.63, 3.8) is 0 Å². The fraction of sp³-hybridized carbons (Fsp3) is 0.615. The molecule has 1 aromatic heterocycles. The van der Waals surface area contributed by atoms with Gasteiger partial charge in [-0.2, -0.15) is 0 Å². The molecule has 2 aliphatic carbocycles. The average molecular weight is 424 g/mol. The van der Waals surface area contributed by atoms with E-state index in [0.717, 1.165) is 61.4 Å². The third-order valence-corrected chi connectivity index (χ3v) is 7.56. The summed E-state index contributed by atoms with van der Waals surface area (Å²) in [5.74, 6) is 1.22. The van der Waals surface area contributed by atoms with Crippen LogP contribution in [0.15, 0.2) is 30.5 Å². The minimum Gasteiger partial charge on any atom is -0.361 e.